The Bertz CT molecular complexity index is 915. The van der Waals surface area contributed by atoms with Crippen molar-refractivity contribution in [3.63, 3.8) is 0 Å². The number of hydrogen-bond donors (Lipinski definition) is 2. The molecule has 0 aliphatic heterocycles. The van der Waals surface area contributed by atoms with Crippen LogP contribution in [0.4, 0.5) is 5.69 Å². The molecule has 0 atom stereocenters. The summed E-state index contributed by atoms with van der Waals surface area (Å²) in [6.07, 6.45) is 4.49. The van der Waals surface area contributed by atoms with Gasteiger partial charge in [0, 0.05) is 16.3 Å². The van der Waals surface area contributed by atoms with Gasteiger partial charge in [-0.2, -0.15) is 5.10 Å². The highest BCUT2D eigenvalue weighted by Crippen LogP contribution is 2.28. The molecule has 1 aliphatic carbocycles. The number of aromatic nitrogens is 2. The number of anilines is 1. The molecule has 1 heterocycles. The van der Waals surface area contributed by atoms with Crippen LogP contribution in [-0.2, 0) is 12.8 Å². The molecule has 2 N–H and O–H groups in total. The lowest BCUT2D eigenvalue weighted by molar-refractivity contribution is 0.102. The fourth-order valence-electron chi connectivity index (χ4n) is 3.29. The number of benzene rings is 2. The molecule has 1 aliphatic rings. The van der Waals surface area contributed by atoms with Crippen LogP contribution in [0.15, 0.2) is 48.5 Å². The smallest absolute Gasteiger partial charge is 0.273 e. The van der Waals surface area contributed by atoms with Crippen molar-refractivity contribution in [1.82, 2.24) is 10.2 Å². The van der Waals surface area contributed by atoms with Gasteiger partial charge in [-0.15, -0.1) is 0 Å². The van der Waals surface area contributed by atoms with Crippen LogP contribution in [0.5, 0.6) is 0 Å². The number of aromatic amines is 1. The molecular weight excluding hydrogens is 334 g/mol. The summed E-state index contributed by atoms with van der Waals surface area (Å²) in [5.74, 6) is -0.174. The summed E-state index contributed by atoms with van der Waals surface area (Å²) >= 11 is 5.91. The van der Waals surface area contributed by atoms with Gasteiger partial charge in [0.05, 0.1) is 5.69 Å². The van der Waals surface area contributed by atoms with Crippen molar-refractivity contribution >= 4 is 23.2 Å². The number of fused-ring (bicyclic) bond motifs is 1. The van der Waals surface area contributed by atoms with E-state index in [0.29, 0.717) is 10.7 Å². The number of carbonyl (C=O) groups is 1. The van der Waals surface area contributed by atoms with Crippen molar-refractivity contribution in [2.75, 3.05) is 5.32 Å². The second-order valence-corrected chi connectivity index (χ2v) is 6.71. The van der Waals surface area contributed by atoms with Gasteiger partial charge in [-0.05, 0) is 61.1 Å². The van der Waals surface area contributed by atoms with Crippen molar-refractivity contribution in [2.24, 2.45) is 0 Å². The summed E-state index contributed by atoms with van der Waals surface area (Å²) in [5.41, 5.74) is 5.59. The summed E-state index contributed by atoms with van der Waals surface area (Å²) in [7, 11) is 0. The highest BCUT2D eigenvalue weighted by atomic mass is 35.5. The third-order valence-corrected chi connectivity index (χ3v) is 4.86. The number of hydrogen-bond acceptors (Lipinski definition) is 2. The highest BCUT2D eigenvalue weighted by molar-refractivity contribution is 6.30. The van der Waals surface area contributed by atoms with E-state index in [0.717, 1.165) is 29.8 Å². The van der Waals surface area contributed by atoms with E-state index in [1.54, 1.807) is 6.07 Å². The van der Waals surface area contributed by atoms with E-state index >= 15 is 0 Å². The molecule has 1 amide bonds. The van der Waals surface area contributed by atoms with Gasteiger partial charge in [-0.3, -0.25) is 9.89 Å². The maximum atomic E-state index is 12.6. The van der Waals surface area contributed by atoms with E-state index < -0.39 is 0 Å². The first kappa shape index (κ1) is 15.9. The Hall–Kier alpha value is -2.59. The molecule has 4 nitrogen and oxygen atoms in total. The minimum absolute atomic E-state index is 0.174. The lowest BCUT2D eigenvalue weighted by Crippen LogP contribution is -2.15. The van der Waals surface area contributed by atoms with E-state index in [1.807, 2.05) is 36.4 Å². The summed E-state index contributed by atoms with van der Waals surface area (Å²) < 4.78 is 0. The number of amides is 1. The van der Waals surface area contributed by atoms with Crippen LogP contribution in [0.3, 0.4) is 0 Å². The Kier molecular flexibility index (Phi) is 4.28. The van der Waals surface area contributed by atoms with Crippen LogP contribution in [0, 0.1) is 0 Å². The van der Waals surface area contributed by atoms with Crippen LogP contribution in [0.1, 0.15) is 34.5 Å². The van der Waals surface area contributed by atoms with E-state index in [4.69, 9.17) is 11.6 Å². The zero-order valence-corrected chi connectivity index (χ0v) is 14.4. The third kappa shape index (κ3) is 3.30. The number of nitrogens with one attached hydrogen (secondary N) is 2. The number of aryl methyl sites for hydroxylation is 1. The summed E-state index contributed by atoms with van der Waals surface area (Å²) in [5, 5.41) is 10.8. The summed E-state index contributed by atoms with van der Waals surface area (Å²) in [6, 6.07) is 15.3. The number of H-pyrrole nitrogens is 1. The average Bonchev–Trinajstić information content (AvgIpc) is 3.13. The molecule has 5 heteroatoms. The minimum Gasteiger partial charge on any atom is -0.320 e. The fraction of sp³-hybridized carbons (Fsp3) is 0.200. The monoisotopic (exact) mass is 351 g/mol. The molecule has 0 saturated heterocycles. The Morgan fingerprint density at radius 1 is 1.08 bits per heavy atom. The first-order valence-corrected chi connectivity index (χ1v) is 8.82. The quantitative estimate of drug-likeness (QED) is 0.707. The van der Waals surface area contributed by atoms with Crippen molar-refractivity contribution in [2.45, 2.75) is 25.7 Å². The number of halogens is 1. The summed E-state index contributed by atoms with van der Waals surface area (Å²) in [4.78, 5) is 12.6. The molecule has 0 fully saturated rings. The third-order valence-electron chi connectivity index (χ3n) is 4.61. The number of rotatable bonds is 3. The largest absolute Gasteiger partial charge is 0.320 e. The highest BCUT2D eigenvalue weighted by Gasteiger charge is 2.16. The zero-order valence-electron chi connectivity index (χ0n) is 13.7. The fourth-order valence-corrected chi connectivity index (χ4v) is 3.42. The van der Waals surface area contributed by atoms with Gasteiger partial charge in [0.2, 0.25) is 0 Å². The minimum atomic E-state index is -0.174. The second kappa shape index (κ2) is 6.73. The molecule has 126 valence electrons. The van der Waals surface area contributed by atoms with E-state index in [9.17, 15) is 4.79 Å². The van der Waals surface area contributed by atoms with Crippen LogP contribution < -0.4 is 5.32 Å². The van der Waals surface area contributed by atoms with Crippen LogP contribution in [-0.4, -0.2) is 16.1 Å². The average molecular weight is 352 g/mol. The van der Waals surface area contributed by atoms with Gasteiger partial charge >= 0.3 is 0 Å². The molecule has 0 spiro atoms. The van der Waals surface area contributed by atoms with Crippen molar-refractivity contribution in [3.05, 3.63) is 70.4 Å². The molecule has 4 rings (SSSR count). The maximum absolute atomic E-state index is 12.6. The molecule has 0 unspecified atom stereocenters. The van der Waals surface area contributed by atoms with E-state index in [2.05, 4.69) is 21.6 Å². The van der Waals surface area contributed by atoms with Crippen LogP contribution in [0.25, 0.3) is 11.3 Å². The molecule has 2 aromatic carbocycles. The Labute approximate surface area is 151 Å². The van der Waals surface area contributed by atoms with E-state index in [-0.39, 0.29) is 5.91 Å². The molecule has 3 aromatic rings. The standard InChI is InChI=1S/C20H18ClN3O/c21-15-10-8-14(9-11-15)18-12-19(24-23-18)20(25)22-17-7-3-5-13-4-1-2-6-16(13)17/h3,5,7-12H,1-2,4,6H2,(H,22,25)(H,23,24). The molecular formula is C20H18ClN3O. The molecule has 25 heavy (non-hydrogen) atoms. The topological polar surface area (TPSA) is 57.8 Å². The first-order valence-electron chi connectivity index (χ1n) is 8.44. The van der Waals surface area contributed by atoms with Crippen molar-refractivity contribution < 1.29 is 4.79 Å². The molecule has 0 radical (unpaired) electrons. The van der Waals surface area contributed by atoms with Gasteiger partial charge in [0.1, 0.15) is 5.69 Å². The van der Waals surface area contributed by atoms with Crippen molar-refractivity contribution in [3.8, 4) is 11.3 Å². The first-order chi connectivity index (χ1) is 12.2. The second-order valence-electron chi connectivity index (χ2n) is 6.28. The van der Waals surface area contributed by atoms with Gasteiger partial charge in [-0.25, -0.2) is 0 Å². The molecule has 1 aromatic heterocycles. The Balaban J connectivity index is 1.55. The lowest BCUT2D eigenvalue weighted by Gasteiger charge is -2.19. The normalized spacial score (nSPS) is 13.3. The number of carbonyl (C=O) groups excluding carboxylic acids is 1. The molecule has 0 saturated carbocycles. The number of nitrogens with zero attached hydrogens (tertiary/aromatic N) is 1. The summed E-state index contributed by atoms with van der Waals surface area (Å²) in [6.45, 7) is 0. The maximum Gasteiger partial charge on any atom is 0.273 e. The predicted molar refractivity (Wildman–Crippen MR) is 100 cm³/mol. The van der Waals surface area contributed by atoms with Gasteiger partial charge in [0.15, 0.2) is 0 Å². The predicted octanol–water partition coefficient (Wildman–Crippen LogP) is 4.86. The SMILES string of the molecule is O=C(Nc1cccc2c1CCCC2)c1cc(-c2ccc(Cl)cc2)n[nH]1. The van der Waals surface area contributed by atoms with Gasteiger partial charge < -0.3 is 5.32 Å². The molecule has 0 bridgehead atoms. The van der Waals surface area contributed by atoms with Gasteiger partial charge in [0.25, 0.3) is 5.91 Å². The Morgan fingerprint density at radius 3 is 2.72 bits per heavy atom. The Morgan fingerprint density at radius 2 is 1.88 bits per heavy atom. The van der Waals surface area contributed by atoms with Crippen LogP contribution in [0.2, 0.25) is 5.02 Å². The van der Waals surface area contributed by atoms with Crippen LogP contribution >= 0.6 is 11.6 Å². The van der Waals surface area contributed by atoms with E-state index in [1.165, 1.54) is 24.0 Å². The van der Waals surface area contributed by atoms with Gasteiger partial charge in [-0.1, -0.05) is 35.9 Å². The lowest BCUT2D eigenvalue weighted by atomic mass is 9.90. The van der Waals surface area contributed by atoms with Crippen molar-refractivity contribution in [1.29, 1.82) is 0 Å². The zero-order chi connectivity index (χ0) is 17.2.